The van der Waals surface area contributed by atoms with Gasteiger partial charge in [-0.05, 0) is 0 Å². The molecule has 2 aliphatic rings. The molecule has 0 aromatic carbocycles. The van der Waals surface area contributed by atoms with Crippen LogP contribution in [0, 0.1) is 5.41 Å². The van der Waals surface area contributed by atoms with Crippen LogP contribution in [0.2, 0.25) is 0 Å². The molecule has 0 saturated carbocycles. The van der Waals surface area contributed by atoms with E-state index in [2.05, 4.69) is 0 Å². The summed E-state index contributed by atoms with van der Waals surface area (Å²) in [6, 6.07) is 0. The first-order valence-electron chi connectivity index (χ1n) is 5.35. The van der Waals surface area contributed by atoms with Crippen molar-refractivity contribution in [2.24, 2.45) is 5.41 Å². The Labute approximate surface area is 94.7 Å². The summed E-state index contributed by atoms with van der Waals surface area (Å²) >= 11 is 0. The largest absolute Gasteiger partial charge is 0.467 e. The van der Waals surface area contributed by atoms with Crippen molar-refractivity contribution in [3.05, 3.63) is 0 Å². The van der Waals surface area contributed by atoms with E-state index in [9.17, 15) is 9.59 Å². The van der Waals surface area contributed by atoms with Crippen LogP contribution in [0.4, 0.5) is 0 Å². The molecule has 2 fully saturated rings. The van der Waals surface area contributed by atoms with Crippen molar-refractivity contribution in [3.8, 4) is 0 Å². The Bertz CT molecular complexity index is 346. The van der Waals surface area contributed by atoms with Gasteiger partial charge in [0.25, 0.3) is 0 Å². The van der Waals surface area contributed by atoms with Crippen LogP contribution in [0.5, 0.6) is 0 Å². The molecule has 5 heteroatoms. The van der Waals surface area contributed by atoms with Crippen LogP contribution < -0.4 is 0 Å². The number of carbonyl (C=O) groups excluding carboxylic acids is 2. The van der Waals surface area contributed by atoms with Gasteiger partial charge < -0.3 is 9.47 Å². The molecule has 5 nitrogen and oxygen atoms in total. The van der Waals surface area contributed by atoms with Crippen molar-refractivity contribution < 1.29 is 19.1 Å². The first kappa shape index (κ1) is 11.4. The first-order valence-corrected chi connectivity index (χ1v) is 5.35. The maximum absolute atomic E-state index is 11.7. The summed E-state index contributed by atoms with van der Waals surface area (Å²) in [7, 11) is 1.34. The number of rotatable bonds is 1. The van der Waals surface area contributed by atoms with Gasteiger partial charge in [0.05, 0.1) is 20.1 Å². The smallest absolute Gasteiger partial charge is 0.334 e. The maximum Gasteiger partial charge on any atom is 0.334 e. The summed E-state index contributed by atoms with van der Waals surface area (Å²) in [6.45, 7) is 6.19. The number of methoxy groups -OCH3 is 1. The van der Waals surface area contributed by atoms with Gasteiger partial charge in [-0.15, -0.1) is 0 Å². The average Bonchev–Trinajstić information content (AvgIpc) is 2.49. The van der Waals surface area contributed by atoms with Crippen molar-refractivity contribution in [2.75, 3.05) is 13.7 Å². The van der Waals surface area contributed by atoms with Gasteiger partial charge in [-0.1, -0.05) is 20.8 Å². The number of ether oxygens (including phenoxy) is 2. The molecular formula is C11H17NO4. The monoisotopic (exact) mass is 227 g/mol. The molecule has 0 bridgehead atoms. The van der Waals surface area contributed by atoms with E-state index in [1.165, 1.54) is 7.11 Å². The zero-order chi connectivity index (χ0) is 12.1. The molecule has 1 amide bonds. The quantitative estimate of drug-likeness (QED) is 0.484. The topological polar surface area (TPSA) is 55.8 Å². The Balaban J connectivity index is 2.28. The zero-order valence-corrected chi connectivity index (χ0v) is 10.1. The molecule has 2 saturated heterocycles. The lowest BCUT2D eigenvalue weighted by molar-refractivity contribution is -0.180. The fourth-order valence-electron chi connectivity index (χ4n) is 2.39. The SMILES string of the molecule is COC(=O)[C@]12CO[C@H](C(C)(C)C)N1C(=O)C2. The number of β-lactam (4-membered cyclic amide) rings is 1. The first-order chi connectivity index (χ1) is 7.33. The van der Waals surface area contributed by atoms with Gasteiger partial charge in [0.15, 0.2) is 5.54 Å². The highest BCUT2D eigenvalue weighted by atomic mass is 16.6. The molecule has 16 heavy (non-hydrogen) atoms. The number of nitrogens with zero attached hydrogens (tertiary/aromatic N) is 1. The van der Waals surface area contributed by atoms with Gasteiger partial charge >= 0.3 is 5.97 Å². The van der Waals surface area contributed by atoms with Gasteiger partial charge in [0.1, 0.15) is 6.23 Å². The third kappa shape index (κ3) is 1.27. The molecule has 0 aromatic rings. The summed E-state index contributed by atoms with van der Waals surface area (Å²) in [5, 5.41) is 0. The minimum absolute atomic E-state index is 0.0391. The van der Waals surface area contributed by atoms with Gasteiger partial charge in [-0.2, -0.15) is 0 Å². The second kappa shape index (κ2) is 3.20. The van der Waals surface area contributed by atoms with Crippen molar-refractivity contribution >= 4 is 11.9 Å². The number of fused-ring (bicyclic) bond motifs is 1. The predicted molar refractivity (Wildman–Crippen MR) is 55.4 cm³/mol. The molecule has 2 atom stereocenters. The Hall–Kier alpha value is -1.10. The Morgan fingerprint density at radius 1 is 1.56 bits per heavy atom. The zero-order valence-electron chi connectivity index (χ0n) is 10.1. The maximum atomic E-state index is 11.7. The number of amides is 1. The van der Waals surface area contributed by atoms with E-state index in [1.54, 1.807) is 4.90 Å². The lowest BCUT2D eigenvalue weighted by Gasteiger charge is -2.47. The van der Waals surface area contributed by atoms with Crippen molar-refractivity contribution in [3.63, 3.8) is 0 Å². The molecule has 2 aliphatic heterocycles. The van der Waals surface area contributed by atoms with E-state index < -0.39 is 5.54 Å². The van der Waals surface area contributed by atoms with Gasteiger partial charge in [-0.25, -0.2) is 4.79 Å². The standard InChI is InChI=1S/C11H17NO4/c1-10(2,3)8-12-7(13)5-11(12,6-16-8)9(14)15-4/h8H,5-6H2,1-4H3/t8-,11+/m1/s1. The lowest BCUT2D eigenvalue weighted by Crippen LogP contribution is -2.69. The number of hydrogen-bond acceptors (Lipinski definition) is 4. The number of hydrogen-bond donors (Lipinski definition) is 0. The highest BCUT2D eigenvalue weighted by Gasteiger charge is 2.66. The predicted octanol–water partition coefficient (Wildman–Crippen LogP) is 0.533. The fraction of sp³-hybridized carbons (Fsp3) is 0.818. The fourth-order valence-corrected chi connectivity index (χ4v) is 2.39. The molecular weight excluding hydrogens is 210 g/mol. The molecule has 0 N–H and O–H groups in total. The summed E-state index contributed by atoms with van der Waals surface area (Å²) in [5.74, 6) is -0.415. The normalized spacial score (nSPS) is 33.4. The summed E-state index contributed by atoms with van der Waals surface area (Å²) in [5.41, 5.74) is -1.06. The van der Waals surface area contributed by atoms with Crippen molar-refractivity contribution in [2.45, 2.75) is 39.0 Å². The summed E-state index contributed by atoms with van der Waals surface area (Å²) < 4.78 is 10.4. The molecule has 0 spiro atoms. The van der Waals surface area contributed by atoms with Gasteiger partial charge in [0.2, 0.25) is 5.91 Å². The summed E-state index contributed by atoms with van der Waals surface area (Å²) in [4.78, 5) is 24.9. The van der Waals surface area contributed by atoms with Crippen LogP contribution in [0.25, 0.3) is 0 Å². The van der Waals surface area contributed by atoms with E-state index in [0.29, 0.717) is 0 Å². The molecule has 90 valence electrons. The van der Waals surface area contributed by atoms with Gasteiger partial charge in [0, 0.05) is 5.41 Å². The second-order valence-corrected chi connectivity index (χ2v) is 5.49. The molecule has 0 aliphatic carbocycles. The highest BCUT2D eigenvalue weighted by molar-refractivity contribution is 5.99. The third-order valence-electron chi connectivity index (χ3n) is 3.19. The van der Waals surface area contributed by atoms with Crippen molar-refractivity contribution in [1.29, 1.82) is 0 Å². The van der Waals surface area contributed by atoms with Crippen LogP contribution in [0.1, 0.15) is 27.2 Å². The molecule has 0 radical (unpaired) electrons. The molecule has 0 unspecified atom stereocenters. The van der Waals surface area contributed by atoms with Crippen LogP contribution in [-0.2, 0) is 19.1 Å². The second-order valence-electron chi connectivity index (χ2n) is 5.49. The van der Waals surface area contributed by atoms with Crippen LogP contribution in [0.15, 0.2) is 0 Å². The summed E-state index contributed by atoms with van der Waals surface area (Å²) in [6.07, 6.45) is -0.139. The van der Waals surface area contributed by atoms with E-state index in [-0.39, 0.29) is 36.5 Å². The molecule has 2 heterocycles. The van der Waals surface area contributed by atoms with E-state index in [0.717, 1.165) is 0 Å². The van der Waals surface area contributed by atoms with Crippen LogP contribution in [0.3, 0.4) is 0 Å². The van der Waals surface area contributed by atoms with Gasteiger partial charge in [-0.3, -0.25) is 9.69 Å². The van der Waals surface area contributed by atoms with E-state index in [4.69, 9.17) is 9.47 Å². The van der Waals surface area contributed by atoms with E-state index in [1.807, 2.05) is 20.8 Å². The number of esters is 1. The minimum atomic E-state index is -0.857. The molecule has 2 rings (SSSR count). The van der Waals surface area contributed by atoms with Crippen LogP contribution in [-0.4, -0.2) is 42.3 Å². The Morgan fingerprint density at radius 3 is 2.62 bits per heavy atom. The molecule has 0 aromatic heterocycles. The highest BCUT2D eigenvalue weighted by Crippen LogP contribution is 2.46. The number of carbonyl (C=O) groups is 2. The Morgan fingerprint density at radius 2 is 2.19 bits per heavy atom. The Kier molecular flexibility index (Phi) is 2.28. The van der Waals surface area contributed by atoms with E-state index >= 15 is 0 Å². The lowest BCUT2D eigenvalue weighted by atomic mass is 9.82. The third-order valence-corrected chi connectivity index (χ3v) is 3.19. The van der Waals surface area contributed by atoms with Crippen molar-refractivity contribution in [1.82, 2.24) is 4.90 Å². The minimum Gasteiger partial charge on any atom is -0.467 e. The van der Waals surface area contributed by atoms with Crippen LogP contribution >= 0.6 is 0 Å². The average molecular weight is 227 g/mol.